The molecule has 0 saturated heterocycles. The number of phenolic OH excluding ortho intramolecular Hbond substituents is 2. The molecule has 0 aliphatic carbocycles. The van der Waals surface area contributed by atoms with Crippen LogP contribution in [0.5, 0.6) is 11.5 Å². The van der Waals surface area contributed by atoms with Crippen LogP contribution in [-0.4, -0.2) is 36.6 Å². The summed E-state index contributed by atoms with van der Waals surface area (Å²) in [6.45, 7) is 0. The zero-order valence-electron chi connectivity index (χ0n) is 12.6. The Balaban J connectivity index is 1.61. The Bertz CT molecular complexity index is 1120. The first-order valence-corrected chi connectivity index (χ1v) is 8.02. The molecule has 0 saturated carbocycles. The van der Waals surface area contributed by atoms with Crippen molar-refractivity contribution < 1.29 is 10.2 Å². The number of fused-ring (bicyclic) bond motifs is 3. The first kappa shape index (κ1) is 15.3. The number of nitrogens with one attached hydrogen (secondary N) is 2. The molecule has 4 aromatic rings. The molecule has 2 aromatic heterocycles. The van der Waals surface area contributed by atoms with Crippen LogP contribution in [0.2, 0.25) is 0 Å². The number of anilines is 1. The monoisotopic (exact) mass is 398 g/mol. The van der Waals surface area contributed by atoms with Gasteiger partial charge in [0.25, 0.3) is 5.95 Å². The van der Waals surface area contributed by atoms with Crippen LogP contribution in [0.1, 0.15) is 5.56 Å². The molecule has 0 fully saturated rings. The molecule has 0 bridgehead atoms. The van der Waals surface area contributed by atoms with Gasteiger partial charge in [-0.3, -0.25) is 0 Å². The number of halogens is 1. The third kappa shape index (κ3) is 2.96. The zero-order chi connectivity index (χ0) is 17.4. The number of hydrogen-bond donors (Lipinski definition) is 4. The van der Waals surface area contributed by atoms with Crippen LogP contribution < -0.4 is 5.43 Å². The number of hydrogen-bond acceptors (Lipinski definition) is 7. The van der Waals surface area contributed by atoms with Crippen molar-refractivity contribution in [3.8, 4) is 11.5 Å². The van der Waals surface area contributed by atoms with Gasteiger partial charge in [-0.2, -0.15) is 10.1 Å². The van der Waals surface area contributed by atoms with Crippen molar-refractivity contribution in [1.29, 1.82) is 0 Å². The largest absolute Gasteiger partial charge is 0.508 e. The van der Waals surface area contributed by atoms with Crippen LogP contribution in [0.15, 0.2) is 46.0 Å². The van der Waals surface area contributed by atoms with E-state index in [4.69, 9.17) is 0 Å². The maximum absolute atomic E-state index is 9.70. The number of aromatic nitrogens is 4. The van der Waals surface area contributed by atoms with Crippen molar-refractivity contribution in [2.45, 2.75) is 0 Å². The van der Waals surface area contributed by atoms with Gasteiger partial charge in [0.1, 0.15) is 17.0 Å². The summed E-state index contributed by atoms with van der Waals surface area (Å²) in [5.74, 6) is 0.111. The normalized spacial score (nSPS) is 11.6. The predicted molar refractivity (Wildman–Crippen MR) is 97.9 cm³/mol. The summed E-state index contributed by atoms with van der Waals surface area (Å²) < 4.78 is 0.947. The molecule has 0 unspecified atom stereocenters. The van der Waals surface area contributed by atoms with E-state index >= 15 is 0 Å². The molecule has 0 spiro atoms. The SMILES string of the molecule is Oc1ccc(C=NNc2nnc3c(n2)[nH]c2ccc(Br)cc23)c(O)c1. The first-order chi connectivity index (χ1) is 12.1. The molecule has 9 heteroatoms. The first-order valence-electron chi connectivity index (χ1n) is 7.23. The van der Waals surface area contributed by atoms with Crippen molar-refractivity contribution in [3.63, 3.8) is 0 Å². The van der Waals surface area contributed by atoms with Crippen molar-refractivity contribution in [1.82, 2.24) is 20.2 Å². The molecule has 124 valence electrons. The molecule has 25 heavy (non-hydrogen) atoms. The standard InChI is InChI=1S/C16H11BrN6O2/c17-9-2-4-12-11(5-9)14-15(19-12)20-16(23-21-14)22-18-7-8-1-3-10(24)6-13(8)25/h1-7,24-25H,(H2,19,20,22,23). The average Bonchev–Trinajstić information content (AvgIpc) is 2.94. The van der Waals surface area contributed by atoms with E-state index in [2.05, 4.69) is 46.6 Å². The van der Waals surface area contributed by atoms with Crippen molar-refractivity contribution >= 4 is 50.2 Å². The van der Waals surface area contributed by atoms with Crippen molar-refractivity contribution in [3.05, 3.63) is 46.4 Å². The van der Waals surface area contributed by atoms with E-state index in [1.165, 1.54) is 24.4 Å². The summed E-state index contributed by atoms with van der Waals surface area (Å²) in [6, 6.07) is 10.0. The lowest BCUT2D eigenvalue weighted by Gasteiger charge is -2.00. The Labute approximate surface area is 149 Å². The molecule has 4 rings (SSSR count). The van der Waals surface area contributed by atoms with Crippen molar-refractivity contribution in [2.75, 3.05) is 5.43 Å². The summed E-state index contributed by atoms with van der Waals surface area (Å²) >= 11 is 3.43. The van der Waals surface area contributed by atoms with Crippen LogP contribution in [0.3, 0.4) is 0 Å². The molecular weight excluding hydrogens is 388 g/mol. The fourth-order valence-corrected chi connectivity index (χ4v) is 2.75. The minimum absolute atomic E-state index is 0.0222. The molecular formula is C16H11BrN6O2. The highest BCUT2D eigenvalue weighted by atomic mass is 79.9. The molecule has 4 N–H and O–H groups in total. The van der Waals surface area contributed by atoms with Gasteiger partial charge in [0.15, 0.2) is 5.65 Å². The van der Waals surface area contributed by atoms with Gasteiger partial charge < -0.3 is 15.2 Å². The quantitative estimate of drug-likeness (QED) is 0.311. The van der Waals surface area contributed by atoms with Gasteiger partial charge in [-0.15, -0.1) is 10.2 Å². The lowest BCUT2D eigenvalue weighted by atomic mass is 10.2. The Morgan fingerprint density at radius 1 is 1.12 bits per heavy atom. The van der Waals surface area contributed by atoms with Crippen LogP contribution in [0.4, 0.5) is 5.95 Å². The molecule has 0 radical (unpaired) electrons. The maximum atomic E-state index is 9.70. The molecule has 0 amide bonds. The van der Waals surface area contributed by atoms with Gasteiger partial charge in [0, 0.05) is 27.0 Å². The highest BCUT2D eigenvalue weighted by Gasteiger charge is 2.09. The van der Waals surface area contributed by atoms with Crippen molar-refractivity contribution in [2.24, 2.45) is 5.10 Å². The van der Waals surface area contributed by atoms with Gasteiger partial charge in [0.05, 0.1) is 6.21 Å². The molecule has 8 nitrogen and oxygen atoms in total. The van der Waals surface area contributed by atoms with Crippen LogP contribution >= 0.6 is 15.9 Å². The molecule has 0 aliphatic rings. The van der Waals surface area contributed by atoms with Gasteiger partial charge >= 0.3 is 0 Å². The van der Waals surface area contributed by atoms with E-state index in [0.717, 1.165) is 15.4 Å². The molecule has 0 aliphatic heterocycles. The summed E-state index contributed by atoms with van der Waals surface area (Å²) in [5, 5.41) is 32.0. The van der Waals surface area contributed by atoms with E-state index in [1.54, 1.807) is 0 Å². The second-order valence-corrected chi connectivity index (χ2v) is 6.18. The molecule has 2 heterocycles. The summed E-state index contributed by atoms with van der Waals surface area (Å²) in [4.78, 5) is 7.51. The van der Waals surface area contributed by atoms with Crippen LogP contribution in [0, 0.1) is 0 Å². The third-order valence-electron chi connectivity index (χ3n) is 3.56. The van der Waals surface area contributed by atoms with Gasteiger partial charge in [0.2, 0.25) is 0 Å². The van der Waals surface area contributed by atoms with Gasteiger partial charge in [-0.05, 0) is 30.3 Å². The highest BCUT2D eigenvalue weighted by molar-refractivity contribution is 9.10. The molecule has 2 aromatic carbocycles. The fraction of sp³-hybridized carbons (Fsp3) is 0. The van der Waals surface area contributed by atoms with E-state index in [9.17, 15) is 10.2 Å². The third-order valence-corrected chi connectivity index (χ3v) is 4.05. The zero-order valence-corrected chi connectivity index (χ0v) is 14.2. The number of aromatic amines is 1. The van der Waals surface area contributed by atoms with Crippen LogP contribution in [-0.2, 0) is 0 Å². The van der Waals surface area contributed by atoms with Crippen LogP contribution in [0.25, 0.3) is 22.1 Å². The van der Waals surface area contributed by atoms with E-state index in [-0.39, 0.29) is 17.4 Å². The van der Waals surface area contributed by atoms with Gasteiger partial charge in [-0.25, -0.2) is 5.43 Å². The Kier molecular flexibility index (Phi) is 3.69. The number of aromatic hydroxyl groups is 2. The minimum atomic E-state index is -0.0822. The number of H-pyrrole nitrogens is 1. The fourth-order valence-electron chi connectivity index (χ4n) is 2.39. The summed E-state index contributed by atoms with van der Waals surface area (Å²) in [5.41, 5.74) is 5.28. The highest BCUT2D eigenvalue weighted by Crippen LogP contribution is 2.25. The summed E-state index contributed by atoms with van der Waals surface area (Å²) in [6.07, 6.45) is 1.39. The predicted octanol–water partition coefficient (Wildman–Crippen LogP) is 3.13. The minimum Gasteiger partial charge on any atom is -0.508 e. The number of hydrazone groups is 1. The lowest BCUT2D eigenvalue weighted by Crippen LogP contribution is -1.99. The Morgan fingerprint density at radius 3 is 2.84 bits per heavy atom. The van der Waals surface area contributed by atoms with Gasteiger partial charge in [-0.1, -0.05) is 15.9 Å². The smallest absolute Gasteiger partial charge is 0.265 e. The Morgan fingerprint density at radius 2 is 2.00 bits per heavy atom. The van der Waals surface area contributed by atoms with E-state index in [1.807, 2.05) is 18.2 Å². The molecule has 0 atom stereocenters. The maximum Gasteiger partial charge on any atom is 0.265 e. The lowest BCUT2D eigenvalue weighted by molar-refractivity contribution is 0.450. The summed E-state index contributed by atoms with van der Waals surface area (Å²) in [7, 11) is 0. The topological polar surface area (TPSA) is 119 Å². The average molecular weight is 399 g/mol. The number of rotatable bonds is 3. The van der Waals surface area contributed by atoms with E-state index in [0.29, 0.717) is 16.7 Å². The Hall–Kier alpha value is -3.20. The second kappa shape index (κ2) is 6.02. The number of phenols is 2. The second-order valence-electron chi connectivity index (χ2n) is 5.26. The van der Waals surface area contributed by atoms with E-state index < -0.39 is 0 Å². The number of benzene rings is 2. The number of nitrogens with zero attached hydrogens (tertiary/aromatic N) is 4.